The van der Waals surface area contributed by atoms with Gasteiger partial charge in [0.25, 0.3) is 0 Å². The first-order chi connectivity index (χ1) is 6.88. The number of hydrogen-bond donors (Lipinski definition) is 1. The van der Waals surface area contributed by atoms with Crippen LogP contribution in [0, 0.1) is 5.92 Å². The van der Waals surface area contributed by atoms with Crippen molar-refractivity contribution in [2.75, 3.05) is 33.5 Å². The lowest BCUT2D eigenvalue weighted by molar-refractivity contribution is 0.0879. The first-order valence-electron chi connectivity index (χ1n) is 5.71. The van der Waals surface area contributed by atoms with E-state index in [2.05, 4.69) is 12.2 Å². The summed E-state index contributed by atoms with van der Waals surface area (Å²) in [7, 11) is 2.01. The van der Waals surface area contributed by atoms with Crippen molar-refractivity contribution in [3.8, 4) is 0 Å². The second-order valence-electron chi connectivity index (χ2n) is 3.95. The number of ether oxygens (including phenoxy) is 2. The lowest BCUT2D eigenvalue weighted by atomic mass is 10.0. The Hall–Kier alpha value is -0.120. The van der Waals surface area contributed by atoms with E-state index in [1.165, 1.54) is 12.8 Å². The van der Waals surface area contributed by atoms with Crippen molar-refractivity contribution in [3.63, 3.8) is 0 Å². The lowest BCUT2D eigenvalue weighted by Gasteiger charge is -2.21. The molecule has 0 aromatic carbocycles. The number of unbranched alkanes of at least 4 members (excludes halogenated alkanes) is 1. The van der Waals surface area contributed by atoms with Crippen molar-refractivity contribution in [3.05, 3.63) is 0 Å². The average Bonchev–Trinajstić information content (AvgIpc) is 2.71. The number of rotatable bonds is 7. The summed E-state index contributed by atoms with van der Waals surface area (Å²) in [5, 5.41) is 3.32. The van der Waals surface area contributed by atoms with Gasteiger partial charge in [0.2, 0.25) is 0 Å². The molecule has 14 heavy (non-hydrogen) atoms. The molecule has 0 saturated carbocycles. The fourth-order valence-corrected chi connectivity index (χ4v) is 1.78. The molecule has 1 fully saturated rings. The summed E-state index contributed by atoms with van der Waals surface area (Å²) < 4.78 is 11.0. The molecular formula is C11H23NO2. The topological polar surface area (TPSA) is 30.5 Å². The van der Waals surface area contributed by atoms with Gasteiger partial charge in [-0.3, -0.25) is 0 Å². The van der Waals surface area contributed by atoms with E-state index >= 15 is 0 Å². The molecule has 84 valence electrons. The van der Waals surface area contributed by atoms with E-state index in [0.717, 1.165) is 32.8 Å². The molecule has 0 aromatic heterocycles. The minimum absolute atomic E-state index is 0.467. The van der Waals surface area contributed by atoms with Crippen LogP contribution < -0.4 is 5.32 Å². The smallest absolute Gasteiger partial charge is 0.0623 e. The first kappa shape index (κ1) is 12.0. The van der Waals surface area contributed by atoms with Crippen molar-refractivity contribution >= 4 is 0 Å². The van der Waals surface area contributed by atoms with Crippen molar-refractivity contribution in [2.45, 2.75) is 32.2 Å². The maximum atomic E-state index is 5.62. The summed E-state index contributed by atoms with van der Waals surface area (Å²) >= 11 is 0. The van der Waals surface area contributed by atoms with E-state index in [9.17, 15) is 0 Å². The van der Waals surface area contributed by atoms with Crippen molar-refractivity contribution in [2.24, 2.45) is 5.92 Å². The van der Waals surface area contributed by atoms with E-state index in [4.69, 9.17) is 9.47 Å². The maximum absolute atomic E-state index is 5.62. The molecular weight excluding hydrogens is 178 g/mol. The Morgan fingerprint density at radius 1 is 1.57 bits per heavy atom. The van der Waals surface area contributed by atoms with E-state index in [0.29, 0.717) is 12.0 Å². The predicted molar refractivity (Wildman–Crippen MR) is 57.5 cm³/mol. The van der Waals surface area contributed by atoms with Crippen LogP contribution >= 0.6 is 0 Å². The van der Waals surface area contributed by atoms with Gasteiger partial charge in [-0.25, -0.2) is 0 Å². The number of likely N-dealkylation sites (N-methyl/N-ethyl adjacent to an activating group) is 1. The normalized spacial score (nSPS) is 24.0. The van der Waals surface area contributed by atoms with Crippen LogP contribution in [0.25, 0.3) is 0 Å². The van der Waals surface area contributed by atoms with Gasteiger partial charge in [0.1, 0.15) is 0 Å². The first-order valence-corrected chi connectivity index (χ1v) is 5.71. The van der Waals surface area contributed by atoms with Crippen LogP contribution in [0.15, 0.2) is 0 Å². The van der Waals surface area contributed by atoms with E-state index in [1.54, 1.807) is 0 Å². The zero-order valence-corrected chi connectivity index (χ0v) is 9.42. The molecule has 0 spiro atoms. The lowest BCUT2D eigenvalue weighted by Crippen LogP contribution is -2.38. The number of hydrogen-bond acceptors (Lipinski definition) is 3. The molecule has 3 nitrogen and oxygen atoms in total. The molecule has 1 aliphatic rings. The van der Waals surface area contributed by atoms with Gasteiger partial charge in [-0.1, -0.05) is 13.3 Å². The van der Waals surface area contributed by atoms with E-state index in [-0.39, 0.29) is 0 Å². The molecule has 2 unspecified atom stereocenters. The zero-order valence-electron chi connectivity index (χ0n) is 9.42. The molecule has 1 heterocycles. The highest BCUT2D eigenvalue weighted by molar-refractivity contribution is 4.77. The summed E-state index contributed by atoms with van der Waals surface area (Å²) in [6.45, 7) is 5.71. The monoisotopic (exact) mass is 201 g/mol. The molecule has 1 aliphatic heterocycles. The van der Waals surface area contributed by atoms with Crippen LogP contribution in [0.5, 0.6) is 0 Å². The van der Waals surface area contributed by atoms with Crippen LogP contribution in [0.3, 0.4) is 0 Å². The molecule has 2 atom stereocenters. The van der Waals surface area contributed by atoms with Crippen molar-refractivity contribution in [1.82, 2.24) is 5.32 Å². The third-order valence-corrected chi connectivity index (χ3v) is 2.84. The Kier molecular flexibility index (Phi) is 6.15. The Labute approximate surface area is 87.2 Å². The van der Waals surface area contributed by atoms with Crippen molar-refractivity contribution < 1.29 is 9.47 Å². The van der Waals surface area contributed by atoms with Crippen molar-refractivity contribution in [1.29, 1.82) is 0 Å². The van der Waals surface area contributed by atoms with Gasteiger partial charge in [0, 0.05) is 25.2 Å². The average molecular weight is 201 g/mol. The third-order valence-electron chi connectivity index (χ3n) is 2.84. The van der Waals surface area contributed by atoms with Gasteiger partial charge in [-0.2, -0.15) is 0 Å². The van der Waals surface area contributed by atoms with Crippen LogP contribution in [-0.4, -0.2) is 39.5 Å². The fraction of sp³-hybridized carbons (Fsp3) is 1.00. The minimum Gasteiger partial charge on any atom is -0.381 e. The molecule has 0 amide bonds. The Morgan fingerprint density at radius 2 is 2.43 bits per heavy atom. The highest BCUT2D eigenvalue weighted by atomic mass is 16.5. The second-order valence-corrected chi connectivity index (χ2v) is 3.95. The highest BCUT2D eigenvalue weighted by Gasteiger charge is 2.24. The summed E-state index contributed by atoms with van der Waals surface area (Å²) in [5.41, 5.74) is 0. The molecule has 3 heteroatoms. The third kappa shape index (κ3) is 3.95. The Morgan fingerprint density at radius 3 is 3.00 bits per heavy atom. The summed E-state index contributed by atoms with van der Waals surface area (Å²) in [5.74, 6) is 0.640. The molecule has 0 aliphatic carbocycles. The van der Waals surface area contributed by atoms with Crippen LogP contribution in [0.1, 0.15) is 26.2 Å². The fourth-order valence-electron chi connectivity index (χ4n) is 1.78. The van der Waals surface area contributed by atoms with Gasteiger partial charge in [0.15, 0.2) is 0 Å². The Bertz CT molecular complexity index is 135. The van der Waals surface area contributed by atoms with E-state index < -0.39 is 0 Å². The van der Waals surface area contributed by atoms with Gasteiger partial charge >= 0.3 is 0 Å². The van der Waals surface area contributed by atoms with Crippen LogP contribution in [-0.2, 0) is 9.47 Å². The molecule has 0 aromatic rings. The maximum Gasteiger partial charge on any atom is 0.0623 e. The minimum atomic E-state index is 0.467. The van der Waals surface area contributed by atoms with Crippen LogP contribution in [0.4, 0.5) is 0 Å². The highest BCUT2D eigenvalue weighted by Crippen LogP contribution is 2.16. The summed E-state index contributed by atoms with van der Waals surface area (Å²) in [4.78, 5) is 0. The summed E-state index contributed by atoms with van der Waals surface area (Å²) in [6.07, 6.45) is 3.54. The van der Waals surface area contributed by atoms with Gasteiger partial charge in [-0.05, 0) is 19.9 Å². The zero-order chi connectivity index (χ0) is 10.2. The van der Waals surface area contributed by atoms with Gasteiger partial charge in [0.05, 0.1) is 13.2 Å². The van der Waals surface area contributed by atoms with Gasteiger partial charge in [-0.15, -0.1) is 0 Å². The quantitative estimate of drug-likeness (QED) is 0.632. The standard InChI is InChI=1S/C11H23NO2/c1-3-4-6-13-9-11(12-2)10-5-7-14-8-10/h10-12H,3-9H2,1-2H3. The largest absolute Gasteiger partial charge is 0.381 e. The molecule has 0 bridgehead atoms. The van der Waals surface area contributed by atoms with E-state index in [1.807, 2.05) is 7.05 Å². The molecule has 1 saturated heterocycles. The molecule has 1 N–H and O–H groups in total. The SMILES string of the molecule is CCCCOCC(NC)C1CCOC1. The molecule has 0 radical (unpaired) electrons. The Balaban J connectivity index is 2.11. The number of nitrogens with one attached hydrogen (secondary N) is 1. The summed E-state index contributed by atoms with van der Waals surface area (Å²) in [6, 6.07) is 0.467. The van der Waals surface area contributed by atoms with Crippen LogP contribution in [0.2, 0.25) is 0 Å². The molecule has 1 rings (SSSR count). The second kappa shape index (κ2) is 7.21. The predicted octanol–water partition coefficient (Wildman–Crippen LogP) is 1.43. The van der Waals surface area contributed by atoms with Gasteiger partial charge < -0.3 is 14.8 Å².